The maximum absolute atomic E-state index is 6.15. The molecule has 16 heavy (non-hydrogen) atoms. The van der Waals surface area contributed by atoms with Crippen molar-refractivity contribution in [3.05, 3.63) is 30.6 Å². The van der Waals surface area contributed by atoms with Gasteiger partial charge in [-0.1, -0.05) is 19.4 Å². The van der Waals surface area contributed by atoms with Crippen molar-refractivity contribution in [1.82, 2.24) is 4.98 Å². The molecule has 2 aromatic rings. The highest BCUT2D eigenvalue weighted by Crippen LogP contribution is 2.31. The first-order valence-electron chi connectivity index (χ1n) is 5.58. The van der Waals surface area contributed by atoms with E-state index in [0.29, 0.717) is 0 Å². The molecule has 2 N–H and O–H groups in total. The van der Waals surface area contributed by atoms with Gasteiger partial charge in [-0.15, -0.1) is 11.8 Å². The number of rotatable bonds is 4. The Kier molecular flexibility index (Phi) is 3.67. The number of unbranched alkanes of at least 4 members (excludes halogenated alkanes) is 1. The topological polar surface area (TPSA) is 38.9 Å². The molecule has 1 aromatic heterocycles. The fourth-order valence-corrected chi connectivity index (χ4v) is 2.71. The quantitative estimate of drug-likeness (QED) is 0.496. The van der Waals surface area contributed by atoms with E-state index in [1.165, 1.54) is 17.7 Å². The third kappa shape index (κ3) is 2.30. The zero-order chi connectivity index (χ0) is 11.4. The fourth-order valence-electron chi connectivity index (χ4n) is 1.63. The van der Waals surface area contributed by atoms with Gasteiger partial charge in [-0.25, -0.2) is 0 Å². The molecule has 2 rings (SSSR count). The van der Waals surface area contributed by atoms with E-state index >= 15 is 0 Å². The Morgan fingerprint density at radius 2 is 2.19 bits per heavy atom. The van der Waals surface area contributed by atoms with Crippen LogP contribution in [0.4, 0.5) is 5.69 Å². The third-order valence-electron chi connectivity index (χ3n) is 2.58. The number of fused-ring (bicyclic) bond motifs is 1. The molecule has 0 aliphatic carbocycles. The van der Waals surface area contributed by atoms with E-state index in [9.17, 15) is 0 Å². The average Bonchev–Trinajstić information content (AvgIpc) is 2.33. The molecule has 0 amide bonds. The van der Waals surface area contributed by atoms with Gasteiger partial charge in [0.15, 0.2) is 0 Å². The maximum atomic E-state index is 6.15. The number of aromatic nitrogens is 1. The van der Waals surface area contributed by atoms with Crippen LogP contribution in [0.15, 0.2) is 35.5 Å². The van der Waals surface area contributed by atoms with Crippen molar-refractivity contribution >= 4 is 28.2 Å². The van der Waals surface area contributed by atoms with Crippen molar-refractivity contribution in [2.24, 2.45) is 0 Å². The minimum atomic E-state index is 0.890. The highest BCUT2D eigenvalue weighted by atomic mass is 32.2. The van der Waals surface area contributed by atoms with E-state index in [4.69, 9.17) is 5.73 Å². The summed E-state index contributed by atoms with van der Waals surface area (Å²) in [4.78, 5) is 5.28. The molecule has 0 saturated carbocycles. The standard InChI is InChI=1S/C13H16N2S/c1-2-3-8-16-12-5-4-10-9-15-7-6-11(10)13(12)14/h4-7,9H,2-3,8,14H2,1H3. The Morgan fingerprint density at radius 1 is 1.31 bits per heavy atom. The number of nitrogen functional groups attached to an aromatic ring is 1. The van der Waals surface area contributed by atoms with Gasteiger partial charge < -0.3 is 5.73 Å². The number of benzene rings is 1. The summed E-state index contributed by atoms with van der Waals surface area (Å²) in [6.07, 6.45) is 6.11. The lowest BCUT2D eigenvalue weighted by Crippen LogP contribution is -1.91. The third-order valence-corrected chi connectivity index (χ3v) is 3.74. The zero-order valence-electron chi connectivity index (χ0n) is 9.44. The molecule has 0 aliphatic rings. The summed E-state index contributed by atoms with van der Waals surface area (Å²) in [5.41, 5.74) is 7.04. The number of nitrogens with zero attached hydrogens (tertiary/aromatic N) is 1. The molecule has 84 valence electrons. The number of hydrogen-bond donors (Lipinski definition) is 1. The Labute approximate surface area is 100 Å². The van der Waals surface area contributed by atoms with Crippen molar-refractivity contribution in [3.8, 4) is 0 Å². The first-order valence-corrected chi connectivity index (χ1v) is 6.56. The summed E-state index contributed by atoms with van der Waals surface area (Å²) in [7, 11) is 0. The average molecular weight is 232 g/mol. The van der Waals surface area contributed by atoms with Crippen LogP contribution in [0.2, 0.25) is 0 Å². The Morgan fingerprint density at radius 3 is 3.00 bits per heavy atom. The van der Waals surface area contributed by atoms with Crippen LogP contribution in [0, 0.1) is 0 Å². The second-order valence-electron chi connectivity index (χ2n) is 3.78. The Hall–Kier alpha value is -1.22. The van der Waals surface area contributed by atoms with E-state index in [-0.39, 0.29) is 0 Å². The van der Waals surface area contributed by atoms with Crippen molar-refractivity contribution in [1.29, 1.82) is 0 Å². The lowest BCUT2D eigenvalue weighted by molar-refractivity contribution is 0.896. The maximum Gasteiger partial charge on any atom is 0.0533 e. The molecule has 2 nitrogen and oxygen atoms in total. The Balaban J connectivity index is 2.29. The van der Waals surface area contributed by atoms with E-state index in [1.54, 1.807) is 6.20 Å². The van der Waals surface area contributed by atoms with Crippen LogP contribution < -0.4 is 5.73 Å². The lowest BCUT2D eigenvalue weighted by Gasteiger charge is -2.08. The number of nitrogens with two attached hydrogens (primary N) is 1. The zero-order valence-corrected chi connectivity index (χ0v) is 10.3. The molecular formula is C13H16N2S. The molecule has 3 heteroatoms. The normalized spacial score (nSPS) is 10.8. The van der Waals surface area contributed by atoms with Crippen LogP contribution in [0.3, 0.4) is 0 Å². The van der Waals surface area contributed by atoms with Gasteiger partial charge in [0.05, 0.1) is 5.69 Å². The fraction of sp³-hybridized carbons (Fsp3) is 0.308. The molecule has 0 saturated heterocycles. The number of pyridine rings is 1. The van der Waals surface area contributed by atoms with Crippen LogP contribution in [0.25, 0.3) is 10.8 Å². The molecule has 0 atom stereocenters. The number of thioether (sulfide) groups is 1. The smallest absolute Gasteiger partial charge is 0.0533 e. The van der Waals surface area contributed by atoms with Crippen LogP contribution >= 0.6 is 11.8 Å². The first kappa shape index (κ1) is 11.3. The predicted molar refractivity (Wildman–Crippen MR) is 71.8 cm³/mol. The Bertz CT molecular complexity index is 482. The molecule has 1 aromatic carbocycles. The summed E-state index contributed by atoms with van der Waals surface area (Å²) in [5, 5.41) is 2.22. The summed E-state index contributed by atoms with van der Waals surface area (Å²) < 4.78 is 0. The number of hydrogen-bond acceptors (Lipinski definition) is 3. The van der Waals surface area contributed by atoms with Gasteiger partial charge in [-0.2, -0.15) is 0 Å². The predicted octanol–water partition coefficient (Wildman–Crippen LogP) is 3.71. The van der Waals surface area contributed by atoms with Crippen molar-refractivity contribution < 1.29 is 0 Å². The molecule has 0 aliphatic heterocycles. The van der Waals surface area contributed by atoms with Gasteiger partial charge in [0.25, 0.3) is 0 Å². The molecule has 0 bridgehead atoms. The van der Waals surface area contributed by atoms with Crippen LogP contribution in [0.1, 0.15) is 19.8 Å². The summed E-state index contributed by atoms with van der Waals surface area (Å²) >= 11 is 1.84. The van der Waals surface area contributed by atoms with Crippen LogP contribution in [0.5, 0.6) is 0 Å². The van der Waals surface area contributed by atoms with E-state index < -0.39 is 0 Å². The molecule has 1 heterocycles. The van der Waals surface area contributed by atoms with Crippen LogP contribution in [-0.4, -0.2) is 10.7 Å². The first-order chi connectivity index (χ1) is 7.83. The van der Waals surface area contributed by atoms with Gasteiger partial charge in [0.1, 0.15) is 0 Å². The van der Waals surface area contributed by atoms with E-state index in [2.05, 4.69) is 24.0 Å². The van der Waals surface area contributed by atoms with Crippen molar-refractivity contribution in [2.75, 3.05) is 11.5 Å². The largest absolute Gasteiger partial charge is 0.397 e. The van der Waals surface area contributed by atoms with Crippen molar-refractivity contribution in [3.63, 3.8) is 0 Å². The van der Waals surface area contributed by atoms with Gasteiger partial charge in [0.2, 0.25) is 0 Å². The number of anilines is 1. The summed E-state index contributed by atoms with van der Waals surface area (Å²) in [6.45, 7) is 2.20. The van der Waals surface area contributed by atoms with Crippen LogP contribution in [-0.2, 0) is 0 Å². The van der Waals surface area contributed by atoms with E-state index in [1.807, 2.05) is 24.0 Å². The summed E-state index contributed by atoms with van der Waals surface area (Å²) in [6, 6.07) is 6.17. The highest BCUT2D eigenvalue weighted by Gasteiger charge is 2.04. The van der Waals surface area contributed by atoms with Gasteiger partial charge in [0, 0.05) is 28.1 Å². The molecule has 0 spiro atoms. The molecular weight excluding hydrogens is 216 g/mol. The minimum Gasteiger partial charge on any atom is -0.397 e. The van der Waals surface area contributed by atoms with Gasteiger partial charge >= 0.3 is 0 Å². The van der Waals surface area contributed by atoms with Gasteiger partial charge in [-0.05, 0) is 24.3 Å². The second kappa shape index (κ2) is 5.21. The molecule has 0 unspecified atom stereocenters. The minimum absolute atomic E-state index is 0.890. The van der Waals surface area contributed by atoms with Crippen molar-refractivity contribution in [2.45, 2.75) is 24.7 Å². The highest BCUT2D eigenvalue weighted by molar-refractivity contribution is 7.99. The molecule has 0 fully saturated rings. The SMILES string of the molecule is CCCCSc1ccc2cnccc2c1N. The second-order valence-corrected chi connectivity index (χ2v) is 4.91. The summed E-state index contributed by atoms with van der Waals surface area (Å²) in [5.74, 6) is 1.14. The lowest BCUT2D eigenvalue weighted by atomic mass is 10.1. The van der Waals surface area contributed by atoms with Gasteiger partial charge in [-0.3, -0.25) is 4.98 Å². The monoisotopic (exact) mass is 232 g/mol. The molecule has 0 radical (unpaired) electrons. The van der Waals surface area contributed by atoms with E-state index in [0.717, 1.165) is 22.2 Å².